The Morgan fingerprint density at radius 3 is 2.30 bits per heavy atom. The zero-order valence-corrected chi connectivity index (χ0v) is 15.8. The average molecular weight is 392 g/mol. The van der Waals surface area contributed by atoms with Crippen LogP contribution in [0.25, 0.3) is 0 Å². The normalized spacial score (nSPS) is 11.0. The molecule has 0 aromatic heterocycles. The summed E-state index contributed by atoms with van der Waals surface area (Å²) in [6, 6.07) is 11.4. The maximum Gasteiger partial charge on any atom is 0.326 e. The van der Waals surface area contributed by atoms with Gasteiger partial charge in [0.25, 0.3) is 15.7 Å². The molecule has 0 atom stereocenters. The number of aryl methyl sites for hydroxylation is 1. The monoisotopic (exact) mass is 392 g/mol. The molecule has 9 heteroatoms. The first-order valence-electron chi connectivity index (χ1n) is 8.32. The van der Waals surface area contributed by atoms with Crippen molar-refractivity contribution in [3.63, 3.8) is 0 Å². The minimum Gasteiger partial charge on any atom is -0.465 e. The van der Waals surface area contributed by atoms with E-state index in [0.717, 1.165) is 34.1 Å². The third-order valence-electron chi connectivity index (χ3n) is 3.85. The van der Waals surface area contributed by atoms with Crippen LogP contribution in [0.15, 0.2) is 53.4 Å². The summed E-state index contributed by atoms with van der Waals surface area (Å²) in [5.41, 5.74) is 0.888. The first-order valence-corrected chi connectivity index (χ1v) is 9.76. The molecule has 0 saturated carbocycles. The smallest absolute Gasteiger partial charge is 0.326 e. The number of esters is 1. The van der Waals surface area contributed by atoms with Crippen LogP contribution in [0, 0.1) is 10.1 Å². The second kappa shape index (κ2) is 8.63. The first-order chi connectivity index (χ1) is 12.8. The summed E-state index contributed by atoms with van der Waals surface area (Å²) >= 11 is 0. The van der Waals surface area contributed by atoms with Crippen molar-refractivity contribution in [3.05, 3.63) is 64.2 Å². The number of hydrogen-bond acceptors (Lipinski definition) is 6. The van der Waals surface area contributed by atoms with Crippen LogP contribution in [0.3, 0.4) is 0 Å². The van der Waals surface area contributed by atoms with Crippen molar-refractivity contribution in [2.45, 2.75) is 25.2 Å². The Kier molecular flexibility index (Phi) is 6.51. The van der Waals surface area contributed by atoms with E-state index in [4.69, 9.17) is 4.74 Å². The number of nitro benzene ring substituents is 1. The number of hydrogen-bond donors (Lipinski definition) is 0. The van der Waals surface area contributed by atoms with Crippen LogP contribution in [0.5, 0.6) is 0 Å². The Morgan fingerprint density at radius 1 is 1.11 bits per heavy atom. The van der Waals surface area contributed by atoms with Crippen LogP contribution in [-0.2, 0) is 26.0 Å². The van der Waals surface area contributed by atoms with Gasteiger partial charge in [0.15, 0.2) is 0 Å². The molecule has 27 heavy (non-hydrogen) atoms. The fourth-order valence-corrected chi connectivity index (χ4v) is 3.99. The van der Waals surface area contributed by atoms with Gasteiger partial charge in [0.2, 0.25) is 0 Å². The van der Waals surface area contributed by atoms with Gasteiger partial charge in [-0.1, -0.05) is 25.1 Å². The van der Waals surface area contributed by atoms with Gasteiger partial charge >= 0.3 is 5.97 Å². The molecule has 144 valence electrons. The van der Waals surface area contributed by atoms with E-state index in [1.807, 2.05) is 6.92 Å². The highest BCUT2D eigenvalue weighted by Gasteiger charge is 2.29. The second-order valence-electron chi connectivity index (χ2n) is 5.55. The molecule has 2 aromatic carbocycles. The van der Waals surface area contributed by atoms with Crippen LogP contribution >= 0.6 is 0 Å². The van der Waals surface area contributed by atoms with E-state index in [1.165, 1.54) is 0 Å². The molecule has 0 radical (unpaired) electrons. The van der Waals surface area contributed by atoms with E-state index in [9.17, 15) is 23.3 Å². The topological polar surface area (TPSA) is 107 Å². The summed E-state index contributed by atoms with van der Waals surface area (Å²) < 4.78 is 32.2. The maximum atomic E-state index is 13.2. The van der Waals surface area contributed by atoms with Crippen LogP contribution in [0.1, 0.15) is 19.4 Å². The zero-order chi connectivity index (χ0) is 20.0. The highest BCUT2D eigenvalue weighted by Crippen LogP contribution is 2.28. The Bertz CT molecular complexity index is 925. The van der Waals surface area contributed by atoms with Crippen LogP contribution in [0.2, 0.25) is 0 Å². The molecule has 0 spiro atoms. The molecule has 0 unspecified atom stereocenters. The number of anilines is 1. The predicted molar refractivity (Wildman–Crippen MR) is 100 cm³/mol. The summed E-state index contributed by atoms with van der Waals surface area (Å²) in [7, 11) is -4.13. The molecular formula is C18H20N2O6S. The van der Waals surface area contributed by atoms with Crippen molar-refractivity contribution in [2.24, 2.45) is 0 Å². The predicted octanol–water partition coefficient (Wildman–Crippen LogP) is 2.92. The van der Waals surface area contributed by atoms with E-state index in [0.29, 0.717) is 12.1 Å². The highest BCUT2D eigenvalue weighted by atomic mass is 32.2. The van der Waals surface area contributed by atoms with E-state index < -0.39 is 27.5 Å². The number of sulfonamides is 1. The average Bonchev–Trinajstić information content (AvgIpc) is 2.66. The number of benzene rings is 2. The van der Waals surface area contributed by atoms with E-state index in [2.05, 4.69) is 0 Å². The number of carbonyl (C=O) groups is 1. The molecular weight excluding hydrogens is 372 g/mol. The quantitative estimate of drug-likeness (QED) is 0.388. The largest absolute Gasteiger partial charge is 0.465 e. The van der Waals surface area contributed by atoms with Gasteiger partial charge in [0.05, 0.1) is 22.1 Å². The molecule has 0 N–H and O–H groups in total. The first kappa shape index (κ1) is 20.4. The van der Waals surface area contributed by atoms with Gasteiger partial charge in [-0.2, -0.15) is 0 Å². The third kappa shape index (κ3) is 4.62. The van der Waals surface area contributed by atoms with Gasteiger partial charge in [-0.15, -0.1) is 0 Å². The lowest BCUT2D eigenvalue weighted by Gasteiger charge is -2.25. The molecule has 0 aliphatic heterocycles. The standard InChI is InChI=1S/C18H20N2O6S/c1-3-14-7-5-6-8-17(14)19(13-18(21)26-4-2)27(24,25)16-11-9-15(10-12-16)20(22)23/h5-12H,3-4,13H2,1-2H3. The van der Waals surface area contributed by atoms with Crippen molar-refractivity contribution in [3.8, 4) is 0 Å². The van der Waals surface area contributed by atoms with Gasteiger partial charge in [-0.3, -0.25) is 19.2 Å². The molecule has 0 amide bonds. The van der Waals surface area contributed by atoms with Crippen LogP contribution in [-0.4, -0.2) is 32.5 Å². The summed E-state index contributed by atoms with van der Waals surface area (Å²) in [5.74, 6) is -0.686. The summed E-state index contributed by atoms with van der Waals surface area (Å²) in [5, 5.41) is 10.8. The second-order valence-corrected chi connectivity index (χ2v) is 7.41. The molecule has 2 rings (SSSR count). The fourth-order valence-electron chi connectivity index (χ4n) is 2.54. The lowest BCUT2D eigenvalue weighted by molar-refractivity contribution is -0.384. The Balaban J connectivity index is 2.53. The number of non-ortho nitro benzene ring substituents is 1. The molecule has 0 aliphatic rings. The van der Waals surface area contributed by atoms with Crippen molar-refractivity contribution in [1.82, 2.24) is 0 Å². The lowest BCUT2D eigenvalue weighted by Crippen LogP contribution is -2.37. The SMILES string of the molecule is CCOC(=O)CN(c1ccccc1CC)S(=O)(=O)c1ccc([N+](=O)[O-])cc1. The Labute approximate surface area is 157 Å². The summed E-state index contributed by atoms with van der Waals surface area (Å²) in [6.45, 7) is 3.14. The molecule has 0 heterocycles. The zero-order valence-electron chi connectivity index (χ0n) is 15.0. The lowest BCUT2D eigenvalue weighted by atomic mass is 10.1. The molecule has 0 fully saturated rings. The van der Waals surface area contributed by atoms with Gasteiger partial charge in [-0.25, -0.2) is 8.42 Å². The van der Waals surface area contributed by atoms with E-state index in [1.54, 1.807) is 31.2 Å². The van der Waals surface area contributed by atoms with E-state index in [-0.39, 0.29) is 17.2 Å². The van der Waals surface area contributed by atoms with Crippen molar-refractivity contribution in [1.29, 1.82) is 0 Å². The van der Waals surface area contributed by atoms with Gasteiger partial charge in [0.1, 0.15) is 6.54 Å². The molecule has 2 aromatic rings. The summed E-state index contributed by atoms with van der Waals surface area (Å²) in [4.78, 5) is 22.1. The number of para-hydroxylation sites is 1. The van der Waals surface area contributed by atoms with Crippen LogP contribution < -0.4 is 4.31 Å². The Hall–Kier alpha value is -2.94. The molecule has 0 saturated heterocycles. The van der Waals surface area contributed by atoms with Gasteiger partial charge < -0.3 is 4.74 Å². The molecule has 8 nitrogen and oxygen atoms in total. The number of nitrogens with zero attached hydrogens (tertiary/aromatic N) is 2. The van der Waals surface area contributed by atoms with Gasteiger partial charge in [0, 0.05) is 12.1 Å². The Morgan fingerprint density at radius 2 is 1.74 bits per heavy atom. The van der Waals surface area contributed by atoms with E-state index >= 15 is 0 Å². The van der Waals surface area contributed by atoms with Gasteiger partial charge in [-0.05, 0) is 37.1 Å². The van der Waals surface area contributed by atoms with Crippen molar-refractivity contribution < 1.29 is 22.9 Å². The summed E-state index contributed by atoms with van der Waals surface area (Å²) in [6.07, 6.45) is 0.561. The third-order valence-corrected chi connectivity index (χ3v) is 5.63. The number of ether oxygens (including phenoxy) is 1. The number of nitro groups is 1. The number of rotatable bonds is 8. The molecule has 0 bridgehead atoms. The minimum absolute atomic E-state index is 0.125. The van der Waals surface area contributed by atoms with Crippen molar-refractivity contribution >= 4 is 27.4 Å². The molecule has 0 aliphatic carbocycles. The van der Waals surface area contributed by atoms with Crippen LogP contribution in [0.4, 0.5) is 11.4 Å². The fraction of sp³-hybridized carbons (Fsp3) is 0.278. The number of carbonyl (C=O) groups excluding carboxylic acids is 1. The van der Waals surface area contributed by atoms with Crippen molar-refractivity contribution in [2.75, 3.05) is 17.5 Å². The minimum atomic E-state index is -4.13. The maximum absolute atomic E-state index is 13.2. The highest BCUT2D eigenvalue weighted by molar-refractivity contribution is 7.92.